The summed E-state index contributed by atoms with van der Waals surface area (Å²) >= 11 is 0. The number of unbranched alkanes of at least 4 members (excludes halogenated alkanes) is 4. The summed E-state index contributed by atoms with van der Waals surface area (Å²) in [7, 11) is 0. The van der Waals surface area contributed by atoms with Crippen LogP contribution in [0.5, 0.6) is 5.75 Å². The number of esters is 1. The first-order chi connectivity index (χ1) is 15.5. The smallest absolute Gasteiger partial charge is 0.308 e. The predicted molar refractivity (Wildman–Crippen MR) is 124 cm³/mol. The summed E-state index contributed by atoms with van der Waals surface area (Å²) in [6.07, 6.45) is 6.54. The van der Waals surface area contributed by atoms with Crippen molar-refractivity contribution in [3.63, 3.8) is 0 Å². The Kier molecular flexibility index (Phi) is 11.4. The third-order valence-corrected chi connectivity index (χ3v) is 5.29. The lowest BCUT2D eigenvalue weighted by molar-refractivity contribution is -0.151. The molecule has 2 rings (SSSR count). The number of nitrogens with one attached hydrogen (secondary N) is 2. The molecule has 2 N–H and O–H groups in total. The zero-order valence-corrected chi connectivity index (χ0v) is 19.4. The van der Waals surface area contributed by atoms with E-state index in [4.69, 9.17) is 9.47 Å². The highest BCUT2D eigenvalue weighted by Gasteiger charge is 2.34. The van der Waals surface area contributed by atoms with Crippen LogP contribution in [0.4, 0.5) is 5.69 Å². The highest BCUT2D eigenvalue weighted by atomic mass is 16.5. The second kappa shape index (κ2) is 14.3. The fraction of sp³-hybridized carbons (Fsp3) is 0.625. The van der Waals surface area contributed by atoms with Gasteiger partial charge in [-0.05, 0) is 37.1 Å². The van der Waals surface area contributed by atoms with Gasteiger partial charge in [0.05, 0.1) is 26.2 Å². The largest absolute Gasteiger partial charge is 0.494 e. The van der Waals surface area contributed by atoms with Gasteiger partial charge in [-0.2, -0.15) is 0 Å². The Morgan fingerprint density at radius 1 is 1.06 bits per heavy atom. The molecule has 1 aromatic rings. The minimum Gasteiger partial charge on any atom is -0.494 e. The minimum atomic E-state index is -0.837. The molecule has 1 aromatic carbocycles. The quantitative estimate of drug-likeness (QED) is 0.336. The lowest BCUT2D eigenvalue weighted by Crippen LogP contribution is -2.58. The summed E-state index contributed by atoms with van der Waals surface area (Å²) in [5, 5.41) is 5.80. The number of hydrogen-bond donors (Lipinski definition) is 2. The number of carbonyl (C=O) groups is 3. The lowest BCUT2D eigenvalue weighted by Gasteiger charge is -2.34. The van der Waals surface area contributed by atoms with E-state index in [-0.39, 0.29) is 24.8 Å². The fourth-order valence-electron chi connectivity index (χ4n) is 3.49. The number of rotatable bonds is 14. The predicted octanol–water partition coefficient (Wildman–Crippen LogP) is 3.12. The van der Waals surface area contributed by atoms with Gasteiger partial charge >= 0.3 is 5.97 Å². The second-order valence-electron chi connectivity index (χ2n) is 7.96. The Labute approximate surface area is 191 Å². The Balaban J connectivity index is 1.79. The molecular formula is C24H37N3O5. The molecule has 0 bridgehead atoms. The van der Waals surface area contributed by atoms with E-state index >= 15 is 0 Å². The van der Waals surface area contributed by atoms with Gasteiger partial charge in [0.2, 0.25) is 11.8 Å². The van der Waals surface area contributed by atoms with Gasteiger partial charge in [-0.25, -0.2) is 0 Å². The van der Waals surface area contributed by atoms with E-state index in [0.29, 0.717) is 32.7 Å². The van der Waals surface area contributed by atoms with Crippen LogP contribution in [0.1, 0.15) is 58.8 Å². The van der Waals surface area contributed by atoms with Crippen LogP contribution in [0, 0.1) is 0 Å². The summed E-state index contributed by atoms with van der Waals surface area (Å²) in [6, 6.07) is 6.64. The van der Waals surface area contributed by atoms with Crippen molar-refractivity contribution in [2.24, 2.45) is 0 Å². The molecule has 8 nitrogen and oxygen atoms in total. The van der Waals surface area contributed by atoms with E-state index < -0.39 is 12.0 Å². The number of piperazine rings is 1. The van der Waals surface area contributed by atoms with Gasteiger partial charge in [0, 0.05) is 18.8 Å². The average Bonchev–Trinajstić information content (AvgIpc) is 2.80. The molecule has 1 heterocycles. The van der Waals surface area contributed by atoms with Gasteiger partial charge in [-0.3, -0.25) is 14.4 Å². The normalized spacial score (nSPS) is 15.8. The molecule has 1 aliphatic rings. The maximum absolute atomic E-state index is 12.7. The molecule has 1 fully saturated rings. The highest BCUT2D eigenvalue weighted by Crippen LogP contribution is 2.17. The molecule has 8 heteroatoms. The molecule has 0 aromatic heterocycles. The van der Waals surface area contributed by atoms with Crippen LogP contribution >= 0.6 is 0 Å². The number of anilines is 1. The first kappa shape index (κ1) is 25.5. The van der Waals surface area contributed by atoms with Crippen molar-refractivity contribution in [3.8, 4) is 5.75 Å². The molecular weight excluding hydrogens is 410 g/mol. The molecule has 32 heavy (non-hydrogen) atoms. The van der Waals surface area contributed by atoms with E-state index in [1.54, 1.807) is 0 Å². The van der Waals surface area contributed by atoms with Crippen molar-refractivity contribution in [3.05, 3.63) is 24.3 Å². The standard InChI is InChI=1S/C24H37N3O5/c1-3-5-6-7-8-16-31-20-11-9-19(10-12-20)26-18-22(28)27-14-13-25-24(30)21(27)17-23(29)32-15-4-2/h9-12,21,26H,3-8,13-18H2,1-2H3,(H,25,30). The van der Waals surface area contributed by atoms with Crippen molar-refractivity contribution < 1.29 is 23.9 Å². The lowest BCUT2D eigenvalue weighted by atomic mass is 10.1. The summed E-state index contributed by atoms with van der Waals surface area (Å²) in [6.45, 7) is 5.88. The summed E-state index contributed by atoms with van der Waals surface area (Å²) < 4.78 is 10.8. The van der Waals surface area contributed by atoms with Crippen LogP contribution in [0.2, 0.25) is 0 Å². The zero-order valence-electron chi connectivity index (χ0n) is 19.4. The van der Waals surface area contributed by atoms with Crippen LogP contribution in [0.3, 0.4) is 0 Å². The van der Waals surface area contributed by atoms with Crippen molar-refractivity contribution in [2.45, 2.75) is 64.8 Å². The van der Waals surface area contributed by atoms with Gasteiger partial charge < -0.3 is 25.0 Å². The first-order valence-corrected chi connectivity index (χ1v) is 11.7. The van der Waals surface area contributed by atoms with Gasteiger partial charge in [0.15, 0.2) is 0 Å². The summed E-state index contributed by atoms with van der Waals surface area (Å²) in [4.78, 5) is 38.4. The number of benzene rings is 1. The maximum atomic E-state index is 12.7. The molecule has 0 aliphatic carbocycles. The Morgan fingerprint density at radius 3 is 2.53 bits per heavy atom. The third kappa shape index (κ3) is 8.77. The van der Waals surface area contributed by atoms with E-state index in [0.717, 1.165) is 17.9 Å². The van der Waals surface area contributed by atoms with Gasteiger partial charge in [-0.15, -0.1) is 0 Å². The first-order valence-electron chi connectivity index (χ1n) is 11.7. The minimum absolute atomic E-state index is 0.0332. The van der Waals surface area contributed by atoms with E-state index in [1.807, 2.05) is 31.2 Å². The summed E-state index contributed by atoms with van der Waals surface area (Å²) in [5.41, 5.74) is 0.786. The SMILES string of the molecule is CCCCCCCOc1ccc(NCC(=O)N2CCNC(=O)C2CC(=O)OCCC)cc1. The van der Waals surface area contributed by atoms with Crippen molar-refractivity contribution in [1.82, 2.24) is 10.2 Å². The third-order valence-electron chi connectivity index (χ3n) is 5.29. The maximum Gasteiger partial charge on any atom is 0.308 e. The molecule has 1 atom stereocenters. The number of ether oxygens (including phenoxy) is 2. The number of nitrogens with zero attached hydrogens (tertiary/aromatic N) is 1. The van der Waals surface area contributed by atoms with Crippen molar-refractivity contribution >= 4 is 23.5 Å². The van der Waals surface area contributed by atoms with Gasteiger partial charge in [0.25, 0.3) is 0 Å². The van der Waals surface area contributed by atoms with Crippen molar-refractivity contribution in [1.29, 1.82) is 0 Å². The molecule has 1 aliphatic heterocycles. The number of amides is 2. The van der Waals surface area contributed by atoms with Crippen LogP contribution in [0.15, 0.2) is 24.3 Å². The Morgan fingerprint density at radius 2 is 1.81 bits per heavy atom. The van der Waals surface area contributed by atoms with Crippen LogP contribution in [-0.2, 0) is 19.1 Å². The van der Waals surface area contributed by atoms with Crippen LogP contribution in [0.25, 0.3) is 0 Å². The highest BCUT2D eigenvalue weighted by molar-refractivity contribution is 5.93. The molecule has 0 spiro atoms. The van der Waals surface area contributed by atoms with Gasteiger partial charge in [0.1, 0.15) is 11.8 Å². The molecule has 1 saturated heterocycles. The number of carbonyl (C=O) groups excluding carboxylic acids is 3. The monoisotopic (exact) mass is 447 g/mol. The number of hydrogen-bond acceptors (Lipinski definition) is 6. The Hall–Kier alpha value is -2.77. The molecule has 178 valence electrons. The summed E-state index contributed by atoms with van der Waals surface area (Å²) in [5.74, 6) is -0.230. The topological polar surface area (TPSA) is 97.0 Å². The second-order valence-corrected chi connectivity index (χ2v) is 7.96. The van der Waals surface area contributed by atoms with E-state index in [1.165, 1.54) is 30.6 Å². The average molecular weight is 448 g/mol. The van der Waals surface area contributed by atoms with Gasteiger partial charge in [-0.1, -0.05) is 39.5 Å². The zero-order chi connectivity index (χ0) is 23.2. The van der Waals surface area contributed by atoms with E-state index in [2.05, 4.69) is 17.6 Å². The van der Waals surface area contributed by atoms with Crippen LogP contribution in [-0.4, -0.2) is 61.6 Å². The molecule has 2 amide bonds. The van der Waals surface area contributed by atoms with Crippen LogP contribution < -0.4 is 15.4 Å². The molecule has 0 radical (unpaired) electrons. The van der Waals surface area contributed by atoms with E-state index in [9.17, 15) is 14.4 Å². The Bertz CT molecular complexity index is 723. The fourth-order valence-corrected chi connectivity index (χ4v) is 3.49. The molecule has 0 saturated carbocycles. The van der Waals surface area contributed by atoms with Crippen molar-refractivity contribution in [2.75, 3.05) is 38.2 Å². The molecule has 1 unspecified atom stereocenters.